The molecule has 1 atom stereocenters. The Morgan fingerprint density at radius 2 is 1.88 bits per heavy atom. The Kier molecular flexibility index (Phi) is 4.79. The number of carboxylic acids is 1. The zero-order valence-corrected chi connectivity index (χ0v) is 13.8. The molecule has 1 aromatic heterocycles. The van der Waals surface area contributed by atoms with Crippen LogP contribution in [-0.4, -0.2) is 27.2 Å². The lowest BCUT2D eigenvalue weighted by molar-refractivity contribution is -0.137. The number of para-hydroxylation sites is 1. The third-order valence-corrected chi connectivity index (χ3v) is 4.16. The zero-order valence-electron chi connectivity index (χ0n) is 13.8. The van der Waals surface area contributed by atoms with Gasteiger partial charge in [0.15, 0.2) is 0 Å². The first kappa shape index (κ1) is 16.7. The number of H-pyrrole nitrogens is 1. The maximum Gasteiger partial charge on any atom is 0.305 e. The van der Waals surface area contributed by atoms with Crippen molar-refractivity contribution in [1.82, 2.24) is 15.5 Å². The molecule has 6 nitrogen and oxygen atoms in total. The van der Waals surface area contributed by atoms with Gasteiger partial charge in [0.2, 0.25) is 5.91 Å². The molecule has 2 aromatic carbocycles. The molecule has 1 heterocycles. The maximum atomic E-state index is 12.5. The van der Waals surface area contributed by atoms with Gasteiger partial charge in [-0.05, 0) is 24.1 Å². The number of aryl methyl sites for hydroxylation is 1. The third kappa shape index (κ3) is 3.85. The highest BCUT2D eigenvalue weighted by atomic mass is 16.4. The summed E-state index contributed by atoms with van der Waals surface area (Å²) in [4.78, 5) is 23.7. The number of amides is 1. The van der Waals surface area contributed by atoms with Crippen molar-refractivity contribution in [1.29, 1.82) is 0 Å². The smallest absolute Gasteiger partial charge is 0.305 e. The van der Waals surface area contributed by atoms with Crippen LogP contribution in [0, 0.1) is 6.92 Å². The molecule has 0 fully saturated rings. The number of rotatable bonds is 6. The predicted molar refractivity (Wildman–Crippen MR) is 94.1 cm³/mol. The fourth-order valence-corrected chi connectivity index (χ4v) is 2.95. The average Bonchev–Trinajstić information content (AvgIpc) is 2.97. The van der Waals surface area contributed by atoms with Crippen LogP contribution in [-0.2, 0) is 16.0 Å². The van der Waals surface area contributed by atoms with Crippen molar-refractivity contribution in [3.8, 4) is 0 Å². The predicted octanol–water partition coefficient (Wildman–Crippen LogP) is 2.75. The monoisotopic (exact) mass is 337 g/mol. The number of hydrogen-bond donors (Lipinski definition) is 3. The zero-order chi connectivity index (χ0) is 17.8. The van der Waals surface area contributed by atoms with E-state index >= 15 is 0 Å². The summed E-state index contributed by atoms with van der Waals surface area (Å²) >= 11 is 0. The molecule has 0 aliphatic heterocycles. The summed E-state index contributed by atoms with van der Waals surface area (Å²) in [5.41, 5.74) is 3.27. The number of aromatic nitrogens is 2. The summed E-state index contributed by atoms with van der Waals surface area (Å²) in [6.45, 7) is 1.90. The molecule has 128 valence electrons. The molecule has 3 rings (SSSR count). The van der Waals surface area contributed by atoms with Crippen LogP contribution in [0.3, 0.4) is 0 Å². The minimum atomic E-state index is -0.958. The Labute approximate surface area is 144 Å². The van der Waals surface area contributed by atoms with Gasteiger partial charge in [-0.2, -0.15) is 5.10 Å². The van der Waals surface area contributed by atoms with Gasteiger partial charge in [-0.3, -0.25) is 14.7 Å². The van der Waals surface area contributed by atoms with Crippen LogP contribution in [0.25, 0.3) is 10.9 Å². The van der Waals surface area contributed by atoms with Crippen molar-refractivity contribution >= 4 is 22.8 Å². The minimum Gasteiger partial charge on any atom is -0.481 e. The molecule has 0 saturated heterocycles. The molecule has 0 unspecified atom stereocenters. The van der Waals surface area contributed by atoms with Crippen LogP contribution in [0.4, 0.5) is 0 Å². The van der Waals surface area contributed by atoms with Crippen molar-refractivity contribution in [2.75, 3.05) is 0 Å². The van der Waals surface area contributed by atoms with E-state index in [0.717, 1.165) is 22.0 Å². The topological polar surface area (TPSA) is 95.1 Å². The minimum absolute atomic E-state index is 0.114. The SMILES string of the molecule is Cc1ccccc1[C@H](CC(=O)O)NC(=O)Cc1[nH]nc2ccccc12. The Hall–Kier alpha value is -3.15. The van der Waals surface area contributed by atoms with E-state index in [2.05, 4.69) is 15.5 Å². The molecule has 0 aliphatic rings. The van der Waals surface area contributed by atoms with Gasteiger partial charge in [-0.25, -0.2) is 0 Å². The van der Waals surface area contributed by atoms with Gasteiger partial charge in [-0.1, -0.05) is 42.5 Å². The Morgan fingerprint density at radius 1 is 1.16 bits per heavy atom. The van der Waals surface area contributed by atoms with E-state index in [4.69, 9.17) is 0 Å². The number of aliphatic carboxylic acids is 1. The Balaban J connectivity index is 1.78. The second kappa shape index (κ2) is 7.17. The first-order valence-electron chi connectivity index (χ1n) is 8.03. The summed E-state index contributed by atoms with van der Waals surface area (Å²) in [7, 11) is 0. The van der Waals surface area contributed by atoms with Gasteiger partial charge in [0.25, 0.3) is 0 Å². The van der Waals surface area contributed by atoms with Gasteiger partial charge >= 0.3 is 5.97 Å². The number of carbonyl (C=O) groups excluding carboxylic acids is 1. The highest BCUT2D eigenvalue weighted by molar-refractivity contribution is 5.87. The van der Waals surface area contributed by atoms with E-state index in [1.54, 1.807) is 0 Å². The van der Waals surface area contributed by atoms with Crippen LogP contribution in [0.2, 0.25) is 0 Å². The fourth-order valence-electron chi connectivity index (χ4n) is 2.95. The second-order valence-electron chi connectivity index (χ2n) is 5.97. The normalized spacial score (nSPS) is 12.0. The molecular formula is C19H19N3O3. The van der Waals surface area contributed by atoms with Gasteiger partial charge in [0.05, 0.1) is 30.1 Å². The first-order chi connectivity index (χ1) is 12.0. The number of aromatic amines is 1. The van der Waals surface area contributed by atoms with E-state index in [0.29, 0.717) is 5.69 Å². The van der Waals surface area contributed by atoms with Crippen molar-refractivity contribution in [2.24, 2.45) is 0 Å². The quantitative estimate of drug-likeness (QED) is 0.644. The van der Waals surface area contributed by atoms with Crippen molar-refractivity contribution < 1.29 is 14.7 Å². The largest absolute Gasteiger partial charge is 0.481 e. The van der Waals surface area contributed by atoms with Crippen LogP contribution in [0.5, 0.6) is 0 Å². The summed E-state index contributed by atoms with van der Waals surface area (Å²) in [6, 6.07) is 14.4. The molecule has 3 aromatic rings. The molecule has 6 heteroatoms. The molecule has 0 saturated carbocycles. The van der Waals surface area contributed by atoms with Gasteiger partial charge in [0, 0.05) is 5.39 Å². The number of benzene rings is 2. The molecule has 25 heavy (non-hydrogen) atoms. The molecule has 0 radical (unpaired) electrons. The van der Waals surface area contributed by atoms with Crippen molar-refractivity contribution in [3.05, 3.63) is 65.4 Å². The third-order valence-electron chi connectivity index (χ3n) is 4.16. The lowest BCUT2D eigenvalue weighted by atomic mass is 9.98. The lowest BCUT2D eigenvalue weighted by Gasteiger charge is -2.19. The van der Waals surface area contributed by atoms with Crippen LogP contribution >= 0.6 is 0 Å². The summed E-state index contributed by atoms with van der Waals surface area (Å²) in [5, 5.41) is 20.0. The maximum absolute atomic E-state index is 12.5. The number of nitrogens with one attached hydrogen (secondary N) is 2. The molecule has 0 aliphatic carbocycles. The Bertz CT molecular complexity index is 917. The van der Waals surface area contributed by atoms with Crippen molar-refractivity contribution in [3.63, 3.8) is 0 Å². The number of carboxylic acid groups (broad SMARTS) is 1. The molecular weight excluding hydrogens is 318 g/mol. The van der Waals surface area contributed by atoms with E-state index in [1.165, 1.54) is 0 Å². The molecule has 1 amide bonds. The Morgan fingerprint density at radius 3 is 2.64 bits per heavy atom. The van der Waals surface area contributed by atoms with Crippen LogP contribution < -0.4 is 5.32 Å². The highest BCUT2D eigenvalue weighted by Crippen LogP contribution is 2.21. The summed E-state index contributed by atoms with van der Waals surface area (Å²) in [6.07, 6.45) is -0.0527. The van der Waals surface area contributed by atoms with Gasteiger partial charge in [0.1, 0.15) is 0 Å². The first-order valence-corrected chi connectivity index (χ1v) is 8.03. The average molecular weight is 337 g/mol. The fraction of sp³-hybridized carbons (Fsp3) is 0.211. The number of nitrogens with zero attached hydrogens (tertiary/aromatic N) is 1. The molecule has 0 spiro atoms. The van der Waals surface area contributed by atoms with E-state index in [-0.39, 0.29) is 18.7 Å². The number of carbonyl (C=O) groups is 2. The van der Waals surface area contributed by atoms with E-state index in [9.17, 15) is 14.7 Å². The summed E-state index contributed by atoms with van der Waals surface area (Å²) < 4.78 is 0. The van der Waals surface area contributed by atoms with Gasteiger partial charge < -0.3 is 10.4 Å². The highest BCUT2D eigenvalue weighted by Gasteiger charge is 2.20. The van der Waals surface area contributed by atoms with Gasteiger partial charge in [-0.15, -0.1) is 0 Å². The van der Waals surface area contributed by atoms with Crippen LogP contribution in [0.15, 0.2) is 48.5 Å². The van der Waals surface area contributed by atoms with Crippen molar-refractivity contribution in [2.45, 2.75) is 25.8 Å². The summed E-state index contributed by atoms with van der Waals surface area (Å²) in [5.74, 6) is -1.20. The standard InChI is InChI=1S/C19H19N3O3/c1-12-6-2-3-7-13(12)16(11-19(24)25)20-18(23)10-17-14-8-4-5-9-15(14)21-22-17/h2-9,16H,10-11H2,1H3,(H,20,23)(H,21,22)(H,24,25)/t16-/m0/s1. The number of fused-ring (bicyclic) bond motifs is 1. The van der Waals surface area contributed by atoms with E-state index < -0.39 is 12.0 Å². The second-order valence-corrected chi connectivity index (χ2v) is 5.97. The van der Waals surface area contributed by atoms with E-state index in [1.807, 2.05) is 55.5 Å². The number of hydrogen-bond acceptors (Lipinski definition) is 3. The lowest BCUT2D eigenvalue weighted by Crippen LogP contribution is -2.32. The van der Waals surface area contributed by atoms with Crippen LogP contribution in [0.1, 0.15) is 29.3 Å². The molecule has 3 N–H and O–H groups in total. The molecule has 0 bridgehead atoms.